The van der Waals surface area contributed by atoms with Crippen LogP contribution in [0.5, 0.6) is 0 Å². The molecule has 0 heterocycles. The van der Waals surface area contributed by atoms with Crippen molar-refractivity contribution in [1.29, 1.82) is 0 Å². The molecule has 1 fully saturated rings. The van der Waals surface area contributed by atoms with Crippen LogP contribution in [0.3, 0.4) is 0 Å². The minimum atomic E-state index is -0.240. The van der Waals surface area contributed by atoms with Crippen molar-refractivity contribution in [2.45, 2.75) is 36.0 Å². The third-order valence-electron chi connectivity index (χ3n) is 2.75. The van der Waals surface area contributed by atoms with E-state index in [9.17, 15) is 0 Å². The fourth-order valence-corrected chi connectivity index (χ4v) is 6.45. The summed E-state index contributed by atoms with van der Waals surface area (Å²) in [5, 5.41) is 0. The molecule has 0 atom stereocenters. The summed E-state index contributed by atoms with van der Waals surface area (Å²) in [6.45, 7) is 0. The summed E-state index contributed by atoms with van der Waals surface area (Å²) in [4.78, 5) is 0. The molecule has 1 aromatic carbocycles. The van der Waals surface area contributed by atoms with Gasteiger partial charge in [0.15, 0.2) is 0 Å². The molecule has 0 N–H and O–H groups in total. The summed E-state index contributed by atoms with van der Waals surface area (Å²) >= 11 is -0.240. The Kier molecular flexibility index (Phi) is 3.71. The first-order valence-electron chi connectivity index (χ1n) is 5.27. The van der Waals surface area contributed by atoms with Crippen LogP contribution in [-0.2, 0) is 0 Å². The fourth-order valence-electron chi connectivity index (χ4n) is 2.02. The van der Waals surface area contributed by atoms with Gasteiger partial charge in [-0.15, -0.1) is 0 Å². The van der Waals surface area contributed by atoms with Crippen molar-refractivity contribution < 1.29 is 0 Å². The quantitative estimate of drug-likeness (QED) is 0.730. The molecule has 0 amide bonds. The number of rotatable bonds is 2. The van der Waals surface area contributed by atoms with Crippen molar-refractivity contribution in [2.24, 2.45) is 0 Å². The monoisotopic (exact) mass is 280 g/mol. The first-order valence-corrected chi connectivity index (χ1v) is 8.34. The van der Waals surface area contributed by atoms with Crippen LogP contribution in [0.4, 0.5) is 0 Å². The molecule has 0 spiro atoms. The first kappa shape index (κ1) is 9.57. The Bertz CT molecular complexity index is 237. The van der Waals surface area contributed by atoms with E-state index in [1.165, 1.54) is 32.1 Å². The van der Waals surface area contributed by atoms with Crippen molar-refractivity contribution in [3.63, 3.8) is 0 Å². The van der Waals surface area contributed by atoms with E-state index in [-0.39, 0.29) is 21.1 Å². The standard InChI is InChI=1S/C6H11.C6H5.Sn/c2*1-2-4-6-5-3-1;/h1H,2-6H2;1-5H;/q;;+2. The molecule has 1 heteroatoms. The summed E-state index contributed by atoms with van der Waals surface area (Å²) in [5.74, 6) is 0. The minimum absolute atomic E-state index is 0.240. The second-order valence-electron chi connectivity index (χ2n) is 3.85. The second-order valence-corrected chi connectivity index (χ2v) is 8.65. The molecular weight excluding hydrogens is 263 g/mol. The summed E-state index contributed by atoms with van der Waals surface area (Å²) in [5.41, 5.74) is 0. The summed E-state index contributed by atoms with van der Waals surface area (Å²) in [7, 11) is 0. The SMILES string of the molecule is c1cc[c]([Sn+2][CH]2CCCCC2)cc1. The molecule has 0 nitrogen and oxygen atoms in total. The van der Waals surface area contributed by atoms with Crippen molar-refractivity contribution in [1.82, 2.24) is 0 Å². The van der Waals surface area contributed by atoms with E-state index in [1.807, 2.05) is 0 Å². The first-order chi connectivity index (χ1) is 6.45. The Hall–Kier alpha value is 0.0187. The van der Waals surface area contributed by atoms with Gasteiger partial charge in [-0.05, 0) is 0 Å². The van der Waals surface area contributed by atoms with Crippen LogP contribution in [0.1, 0.15) is 32.1 Å². The zero-order valence-corrected chi connectivity index (χ0v) is 10.9. The molecule has 0 unspecified atom stereocenters. The van der Waals surface area contributed by atoms with E-state index >= 15 is 0 Å². The Labute approximate surface area is 91.0 Å². The fraction of sp³-hybridized carbons (Fsp3) is 0.500. The Morgan fingerprint density at radius 2 is 1.62 bits per heavy atom. The van der Waals surface area contributed by atoms with Gasteiger partial charge < -0.3 is 0 Å². The molecule has 1 aliphatic carbocycles. The average Bonchev–Trinajstić information content (AvgIpc) is 2.21. The topological polar surface area (TPSA) is 0 Å². The van der Waals surface area contributed by atoms with E-state index in [0.717, 1.165) is 3.93 Å². The van der Waals surface area contributed by atoms with Crippen LogP contribution in [0.25, 0.3) is 0 Å². The Balaban J connectivity index is 1.90. The van der Waals surface area contributed by atoms with Crippen molar-refractivity contribution in [3.05, 3.63) is 30.3 Å². The van der Waals surface area contributed by atoms with E-state index in [4.69, 9.17) is 0 Å². The van der Waals surface area contributed by atoms with Gasteiger partial charge >= 0.3 is 91.1 Å². The van der Waals surface area contributed by atoms with Gasteiger partial charge in [0.2, 0.25) is 0 Å². The number of hydrogen-bond donors (Lipinski definition) is 0. The van der Waals surface area contributed by atoms with Gasteiger partial charge in [-0.1, -0.05) is 0 Å². The third kappa shape index (κ3) is 3.01. The van der Waals surface area contributed by atoms with E-state index in [0.29, 0.717) is 0 Å². The molecule has 66 valence electrons. The molecule has 2 rings (SSSR count). The third-order valence-corrected chi connectivity index (χ3v) is 7.47. The average molecular weight is 279 g/mol. The van der Waals surface area contributed by atoms with E-state index in [1.54, 1.807) is 3.58 Å². The van der Waals surface area contributed by atoms with Crippen molar-refractivity contribution in [2.75, 3.05) is 0 Å². The zero-order chi connectivity index (χ0) is 8.93. The second kappa shape index (κ2) is 5.04. The van der Waals surface area contributed by atoms with Gasteiger partial charge in [-0.2, -0.15) is 0 Å². The molecule has 1 aromatic rings. The maximum absolute atomic E-state index is 2.33. The van der Waals surface area contributed by atoms with Crippen LogP contribution >= 0.6 is 0 Å². The summed E-state index contributed by atoms with van der Waals surface area (Å²) in [6.07, 6.45) is 7.55. The van der Waals surface area contributed by atoms with Crippen LogP contribution in [0.2, 0.25) is 3.93 Å². The molecule has 1 saturated carbocycles. The predicted molar refractivity (Wildman–Crippen MR) is 58.7 cm³/mol. The molecule has 0 saturated heterocycles. The predicted octanol–water partition coefficient (Wildman–Crippen LogP) is 2.77. The number of hydrogen-bond acceptors (Lipinski definition) is 0. The molecule has 1 aliphatic rings. The van der Waals surface area contributed by atoms with E-state index in [2.05, 4.69) is 30.3 Å². The van der Waals surface area contributed by atoms with Crippen molar-refractivity contribution in [3.8, 4) is 0 Å². The molecule has 13 heavy (non-hydrogen) atoms. The molecule has 0 bridgehead atoms. The molecule has 0 aliphatic heterocycles. The zero-order valence-electron chi connectivity index (χ0n) is 8.00. The molecule has 0 radical (unpaired) electrons. The van der Waals surface area contributed by atoms with Gasteiger partial charge in [0.05, 0.1) is 0 Å². The van der Waals surface area contributed by atoms with Gasteiger partial charge in [0.25, 0.3) is 0 Å². The van der Waals surface area contributed by atoms with Crippen LogP contribution < -0.4 is 3.58 Å². The normalized spacial score (nSPS) is 18.2. The number of benzene rings is 1. The van der Waals surface area contributed by atoms with Gasteiger partial charge in [-0.3, -0.25) is 0 Å². The van der Waals surface area contributed by atoms with Gasteiger partial charge in [-0.25, -0.2) is 0 Å². The van der Waals surface area contributed by atoms with Crippen molar-refractivity contribution >= 4 is 24.7 Å². The molecule has 0 aromatic heterocycles. The van der Waals surface area contributed by atoms with Crippen LogP contribution in [0.15, 0.2) is 30.3 Å². The Morgan fingerprint density at radius 3 is 2.31 bits per heavy atom. The van der Waals surface area contributed by atoms with Crippen LogP contribution in [0, 0.1) is 0 Å². The molecular formula is C12H16Sn+2. The van der Waals surface area contributed by atoms with Gasteiger partial charge in [0, 0.05) is 0 Å². The summed E-state index contributed by atoms with van der Waals surface area (Å²) in [6, 6.07) is 11.2. The van der Waals surface area contributed by atoms with Crippen LogP contribution in [-0.4, -0.2) is 21.1 Å². The van der Waals surface area contributed by atoms with E-state index < -0.39 is 0 Å². The maximum atomic E-state index is 2.33. The Morgan fingerprint density at radius 1 is 0.923 bits per heavy atom. The summed E-state index contributed by atoms with van der Waals surface area (Å²) < 4.78 is 2.83. The van der Waals surface area contributed by atoms with Gasteiger partial charge in [0.1, 0.15) is 0 Å².